The molecule has 2 heterocycles. The number of amides is 1. The molecule has 0 unspecified atom stereocenters. The zero-order chi connectivity index (χ0) is 17.1. The molecule has 1 aliphatic heterocycles. The van der Waals surface area contributed by atoms with Gasteiger partial charge in [0.05, 0.1) is 24.5 Å². The number of ether oxygens (including phenoxy) is 1. The molecule has 6 nitrogen and oxygen atoms in total. The molecule has 1 fully saturated rings. The molecule has 24 heavy (non-hydrogen) atoms. The molecule has 0 bridgehead atoms. The molecular weight excluding hydrogens is 328 g/mol. The minimum Gasteiger partial charge on any atom is -0.369 e. The van der Waals surface area contributed by atoms with Crippen molar-refractivity contribution in [1.82, 2.24) is 4.90 Å². The van der Waals surface area contributed by atoms with Gasteiger partial charge in [-0.15, -0.1) is 11.3 Å². The molecule has 1 amide bonds. The van der Waals surface area contributed by atoms with Crippen LogP contribution in [0.5, 0.6) is 0 Å². The zero-order valence-electron chi connectivity index (χ0n) is 13.3. The summed E-state index contributed by atoms with van der Waals surface area (Å²) in [5, 5.41) is 13.0. The van der Waals surface area contributed by atoms with Crippen LogP contribution in [0.2, 0.25) is 0 Å². The number of nitro groups is 1. The third kappa shape index (κ3) is 3.47. The van der Waals surface area contributed by atoms with Crippen LogP contribution < -0.4 is 0 Å². The van der Waals surface area contributed by atoms with Gasteiger partial charge in [0.2, 0.25) is 5.91 Å². The van der Waals surface area contributed by atoms with E-state index in [9.17, 15) is 14.9 Å². The number of nitro benzene ring substituents is 1. The summed E-state index contributed by atoms with van der Waals surface area (Å²) in [5.74, 6) is -0.0246. The van der Waals surface area contributed by atoms with Crippen molar-refractivity contribution in [1.29, 1.82) is 0 Å². The van der Waals surface area contributed by atoms with Crippen molar-refractivity contribution >= 4 is 22.9 Å². The highest BCUT2D eigenvalue weighted by Gasteiger charge is 2.26. The number of carbonyl (C=O) groups excluding carboxylic acids is 1. The number of rotatable bonds is 4. The molecular formula is C17H18N2O4S. The van der Waals surface area contributed by atoms with Crippen LogP contribution in [0.1, 0.15) is 22.1 Å². The van der Waals surface area contributed by atoms with E-state index in [4.69, 9.17) is 4.74 Å². The third-order valence-electron chi connectivity index (χ3n) is 4.24. The largest absolute Gasteiger partial charge is 0.369 e. The van der Waals surface area contributed by atoms with Crippen LogP contribution in [0.15, 0.2) is 35.7 Å². The number of thiophene rings is 1. The zero-order valence-corrected chi connectivity index (χ0v) is 14.1. The molecule has 1 saturated heterocycles. The van der Waals surface area contributed by atoms with Gasteiger partial charge in [-0.05, 0) is 23.9 Å². The predicted molar refractivity (Wildman–Crippen MR) is 91.1 cm³/mol. The molecule has 0 N–H and O–H groups in total. The van der Waals surface area contributed by atoms with Gasteiger partial charge < -0.3 is 9.64 Å². The average molecular weight is 346 g/mol. The van der Waals surface area contributed by atoms with Crippen molar-refractivity contribution in [3.63, 3.8) is 0 Å². The Hall–Kier alpha value is -2.25. The maximum atomic E-state index is 12.6. The van der Waals surface area contributed by atoms with Crippen LogP contribution >= 0.6 is 11.3 Å². The second kappa shape index (κ2) is 7.11. The smallest absolute Gasteiger partial charge is 0.272 e. The van der Waals surface area contributed by atoms with Crippen molar-refractivity contribution in [2.45, 2.75) is 19.4 Å². The normalized spacial score (nSPS) is 17.7. The fourth-order valence-corrected chi connectivity index (χ4v) is 3.62. The quantitative estimate of drug-likeness (QED) is 0.630. The van der Waals surface area contributed by atoms with E-state index in [1.807, 2.05) is 17.5 Å². The molecule has 7 heteroatoms. The summed E-state index contributed by atoms with van der Waals surface area (Å²) in [5.41, 5.74) is 1.31. The molecule has 0 aliphatic carbocycles. The first-order valence-corrected chi connectivity index (χ1v) is 8.60. The Morgan fingerprint density at radius 3 is 2.96 bits per heavy atom. The second-order valence-electron chi connectivity index (χ2n) is 5.71. The number of hydrogen-bond donors (Lipinski definition) is 0. The summed E-state index contributed by atoms with van der Waals surface area (Å²) >= 11 is 1.62. The fraction of sp³-hybridized carbons (Fsp3) is 0.353. The lowest BCUT2D eigenvalue weighted by Gasteiger charge is -2.32. The molecule has 0 spiro atoms. The highest BCUT2D eigenvalue weighted by Crippen LogP contribution is 2.27. The van der Waals surface area contributed by atoms with Crippen LogP contribution in [0.25, 0.3) is 0 Å². The fourth-order valence-electron chi connectivity index (χ4n) is 2.86. The van der Waals surface area contributed by atoms with Crippen molar-refractivity contribution < 1.29 is 14.5 Å². The average Bonchev–Trinajstić information content (AvgIpc) is 3.11. The lowest BCUT2D eigenvalue weighted by atomic mass is 10.0. The number of benzene rings is 1. The van der Waals surface area contributed by atoms with Crippen LogP contribution in [0.3, 0.4) is 0 Å². The number of morpholine rings is 1. The van der Waals surface area contributed by atoms with Crippen LogP contribution in [0, 0.1) is 17.0 Å². The lowest BCUT2D eigenvalue weighted by Crippen LogP contribution is -2.42. The first-order valence-electron chi connectivity index (χ1n) is 7.72. The molecule has 126 valence electrons. The molecule has 1 aromatic heterocycles. The Balaban J connectivity index is 1.71. The third-order valence-corrected chi connectivity index (χ3v) is 5.20. The molecule has 1 atom stereocenters. The monoisotopic (exact) mass is 346 g/mol. The topological polar surface area (TPSA) is 72.7 Å². The minimum absolute atomic E-state index is 0.0246. The molecule has 0 saturated carbocycles. The Morgan fingerprint density at radius 1 is 1.42 bits per heavy atom. The summed E-state index contributed by atoms with van der Waals surface area (Å²) in [6.07, 6.45) is 0.0823. The van der Waals surface area contributed by atoms with Gasteiger partial charge >= 0.3 is 0 Å². The number of nitrogens with zero attached hydrogens (tertiary/aromatic N) is 2. The van der Waals surface area contributed by atoms with E-state index < -0.39 is 4.92 Å². The summed E-state index contributed by atoms with van der Waals surface area (Å²) in [6.45, 7) is 3.26. The summed E-state index contributed by atoms with van der Waals surface area (Å²) in [6, 6.07) is 8.84. The van der Waals surface area contributed by atoms with Gasteiger partial charge in [0, 0.05) is 23.1 Å². The maximum Gasteiger partial charge on any atom is 0.272 e. The maximum absolute atomic E-state index is 12.6. The molecule has 1 aromatic carbocycles. The van der Waals surface area contributed by atoms with Crippen molar-refractivity contribution in [3.8, 4) is 0 Å². The Labute approximate surface area is 143 Å². The van der Waals surface area contributed by atoms with Crippen LogP contribution in [0.4, 0.5) is 5.69 Å². The highest BCUT2D eigenvalue weighted by atomic mass is 32.1. The lowest BCUT2D eigenvalue weighted by molar-refractivity contribution is -0.385. The van der Waals surface area contributed by atoms with Crippen molar-refractivity contribution in [2.75, 3.05) is 19.7 Å². The Bertz CT molecular complexity index is 745. The van der Waals surface area contributed by atoms with Crippen molar-refractivity contribution in [2.24, 2.45) is 0 Å². The first kappa shape index (κ1) is 16.6. The Morgan fingerprint density at radius 2 is 2.25 bits per heavy atom. The second-order valence-corrected chi connectivity index (χ2v) is 6.69. The van der Waals surface area contributed by atoms with E-state index in [1.165, 1.54) is 6.07 Å². The SMILES string of the molecule is Cc1c(CC(=O)N2CCO[C@@H](c3cccs3)C2)cccc1[N+](=O)[O-]. The molecule has 3 rings (SSSR count). The van der Waals surface area contributed by atoms with E-state index in [0.717, 1.165) is 4.88 Å². The molecule has 1 aliphatic rings. The first-order chi connectivity index (χ1) is 11.6. The summed E-state index contributed by atoms with van der Waals surface area (Å²) in [4.78, 5) is 26.1. The predicted octanol–water partition coefficient (Wildman–Crippen LogP) is 3.11. The van der Waals surface area contributed by atoms with Crippen LogP contribution in [-0.2, 0) is 16.0 Å². The van der Waals surface area contributed by atoms with Gasteiger partial charge in [-0.2, -0.15) is 0 Å². The van der Waals surface area contributed by atoms with E-state index in [2.05, 4.69) is 0 Å². The number of carbonyl (C=O) groups is 1. The van der Waals surface area contributed by atoms with Crippen molar-refractivity contribution in [3.05, 3.63) is 61.8 Å². The van der Waals surface area contributed by atoms with Gasteiger partial charge in [-0.25, -0.2) is 0 Å². The van der Waals surface area contributed by atoms with Gasteiger partial charge in [0.1, 0.15) is 6.10 Å². The summed E-state index contributed by atoms with van der Waals surface area (Å²) < 4.78 is 5.75. The minimum atomic E-state index is -0.412. The van der Waals surface area contributed by atoms with Gasteiger partial charge in [0.15, 0.2) is 0 Å². The van der Waals surface area contributed by atoms with E-state index in [0.29, 0.717) is 30.8 Å². The van der Waals surface area contributed by atoms with Crippen LogP contribution in [-0.4, -0.2) is 35.4 Å². The molecule has 0 radical (unpaired) electrons. The van der Waals surface area contributed by atoms with E-state index in [1.54, 1.807) is 35.3 Å². The van der Waals surface area contributed by atoms with Gasteiger partial charge in [0.25, 0.3) is 5.69 Å². The molecule has 2 aromatic rings. The highest BCUT2D eigenvalue weighted by molar-refractivity contribution is 7.10. The van der Waals surface area contributed by atoms with E-state index in [-0.39, 0.29) is 24.1 Å². The van der Waals surface area contributed by atoms with Gasteiger partial charge in [-0.3, -0.25) is 14.9 Å². The Kier molecular flexibility index (Phi) is 4.92. The number of hydrogen-bond acceptors (Lipinski definition) is 5. The van der Waals surface area contributed by atoms with Gasteiger partial charge in [-0.1, -0.05) is 18.2 Å². The standard InChI is InChI=1S/C17H18N2O4S/c1-12-13(4-2-5-14(12)19(21)22)10-17(20)18-7-8-23-15(11-18)16-6-3-9-24-16/h2-6,9,15H,7-8,10-11H2,1H3/t15-/m1/s1. The summed E-state index contributed by atoms with van der Waals surface area (Å²) in [7, 11) is 0. The van der Waals surface area contributed by atoms with E-state index >= 15 is 0 Å².